The summed E-state index contributed by atoms with van der Waals surface area (Å²) in [4.78, 5) is 12.0. The highest BCUT2D eigenvalue weighted by Crippen LogP contribution is 2.49. The van der Waals surface area contributed by atoms with Crippen LogP contribution in [0.15, 0.2) is 0 Å². The molecule has 2 aliphatic carbocycles. The van der Waals surface area contributed by atoms with E-state index in [4.69, 9.17) is 4.98 Å². The lowest BCUT2D eigenvalue weighted by Gasteiger charge is -2.17. The van der Waals surface area contributed by atoms with Crippen LogP contribution in [0.3, 0.4) is 0 Å². The zero-order chi connectivity index (χ0) is 15.2. The molecule has 1 saturated carbocycles. The highest BCUT2D eigenvalue weighted by molar-refractivity contribution is 7.19. The highest BCUT2D eigenvalue weighted by atomic mass is 32.1. The molecule has 0 radical (unpaired) electrons. The lowest BCUT2D eigenvalue weighted by atomic mass is 9.97. The van der Waals surface area contributed by atoms with Crippen molar-refractivity contribution in [2.24, 2.45) is 5.41 Å². The molecule has 0 amide bonds. The quantitative estimate of drug-likeness (QED) is 0.887. The number of aliphatic hydroxyl groups excluding tert-OH is 1. The number of aliphatic hydroxyl groups is 1. The summed E-state index contributed by atoms with van der Waals surface area (Å²) in [7, 11) is 0. The summed E-state index contributed by atoms with van der Waals surface area (Å²) in [5.74, 6) is 1.87. The minimum Gasteiger partial charge on any atom is -0.396 e. The van der Waals surface area contributed by atoms with Crippen LogP contribution < -0.4 is 5.32 Å². The summed E-state index contributed by atoms with van der Waals surface area (Å²) in [6.07, 6.45) is 8.27. The molecule has 0 unspecified atom stereocenters. The van der Waals surface area contributed by atoms with E-state index >= 15 is 0 Å². The van der Waals surface area contributed by atoms with Gasteiger partial charge in [0.2, 0.25) is 0 Å². The van der Waals surface area contributed by atoms with Crippen LogP contribution in [0.1, 0.15) is 48.4 Å². The van der Waals surface area contributed by atoms with Gasteiger partial charge in [0.05, 0.1) is 5.39 Å². The lowest BCUT2D eigenvalue weighted by Crippen LogP contribution is -2.18. The first-order valence-electron chi connectivity index (χ1n) is 8.34. The van der Waals surface area contributed by atoms with Crippen LogP contribution in [-0.2, 0) is 12.8 Å². The van der Waals surface area contributed by atoms with Crippen molar-refractivity contribution in [1.29, 1.82) is 0 Å². The minimum atomic E-state index is 0.285. The predicted octanol–water partition coefficient (Wildman–Crippen LogP) is 3.45. The first-order valence-corrected chi connectivity index (χ1v) is 9.16. The molecular formula is C17H23N3OS. The van der Waals surface area contributed by atoms with Gasteiger partial charge >= 0.3 is 0 Å². The Hall–Kier alpha value is -1.20. The molecule has 5 heteroatoms. The topological polar surface area (TPSA) is 58.0 Å². The van der Waals surface area contributed by atoms with Crippen LogP contribution in [0.5, 0.6) is 0 Å². The maximum Gasteiger partial charge on any atom is 0.138 e. The summed E-state index contributed by atoms with van der Waals surface area (Å²) in [6.45, 7) is 3.18. The molecule has 0 atom stereocenters. The fourth-order valence-corrected chi connectivity index (χ4v) is 4.90. The normalized spacial score (nSPS) is 19.2. The molecule has 4 rings (SSSR count). The molecule has 0 saturated heterocycles. The Kier molecular flexibility index (Phi) is 3.57. The number of thiophene rings is 1. The molecule has 0 bridgehead atoms. The van der Waals surface area contributed by atoms with Gasteiger partial charge in [-0.15, -0.1) is 11.3 Å². The third-order valence-corrected chi connectivity index (χ3v) is 6.34. The zero-order valence-electron chi connectivity index (χ0n) is 13.1. The molecule has 2 aromatic heterocycles. The number of hydrogen-bond donors (Lipinski definition) is 2. The van der Waals surface area contributed by atoms with Gasteiger partial charge in [-0.3, -0.25) is 0 Å². The van der Waals surface area contributed by atoms with Crippen molar-refractivity contribution in [3.8, 4) is 0 Å². The first-order chi connectivity index (χ1) is 10.7. The number of aryl methyl sites for hydroxylation is 3. The lowest BCUT2D eigenvalue weighted by molar-refractivity contribution is 0.253. The molecule has 22 heavy (non-hydrogen) atoms. The summed E-state index contributed by atoms with van der Waals surface area (Å²) < 4.78 is 0. The predicted molar refractivity (Wildman–Crippen MR) is 90.7 cm³/mol. The van der Waals surface area contributed by atoms with Crippen molar-refractivity contribution in [3.63, 3.8) is 0 Å². The Balaban J connectivity index is 1.68. The average molecular weight is 317 g/mol. The number of rotatable bonds is 5. The van der Waals surface area contributed by atoms with Gasteiger partial charge < -0.3 is 10.4 Å². The van der Waals surface area contributed by atoms with Crippen LogP contribution in [0.4, 0.5) is 5.82 Å². The van der Waals surface area contributed by atoms with Crippen LogP contribution in [0.25, 0.3) is 10.2 Å². The zero-order valence-corrected chi connectivity index (χ0v) is 13.9. The number of hydrogen-bond acceptors (Lipinski definition) is 5. The van der Waals surface area contributed by atoms with Gasteiger partial charge in [0.15, 0.2) is 0 Å². The average Bonchev–Trinajstić information content (AvgIpc) is 3.17. The van der Waals surface area contributed by atoms with Gasteiger partial charge in [0.25, 0.3) is 0 Å². The van der Waals surface area contributed by atoms with Gasteiger partial charge in [-0.2, -0.15) is 0 Å². The molecular weight excluding hydrogens is 294 g/mol. The maximum atomic E-state index is 9.23. The summed E-state index contributed by atoms with van der Waals surface area (Å²) in [5, 5.41) is 14.1. The third kappa shape index (κ3) is 2.50. The number of nitrogens with one attached hydrogen (secondary N) is 1. The SMILES string of the molecule is Cc1nc(NCC2(CCO)CC2)c2c3c(sc2n1)CCCC3. The number of anilines is 1. The Morgan fingerprint density at radius 2 is 2.05 bits per heavy atom. The van der Waals surface area contributed by atoms with E-state index in [-0.39, 0.29) is 6.61 Å². The molecule has 0 spiro atoms. The minimum absolute atomic E-state index is 0.285. The second kappa shape index (κ2) is 5.46. The fourth-order valence-electron chi connectivity index (χ4n) is 3.59. The van der Waals surface area contributed by atoms with Crippen LogP contribution in [0, 0.1) is 12.3 Å². The molecule has 0 aromatic carbocycles. The number of fused-ring (bicyclic) bond motifs is 3. The first kappa shape index (κ1) is 14.4. The van der Waals surface area contributed by atoms with Crippen molar-refractivity contribution in [2.45, 2.75) is 51.9 Å². The summed E-state index contributed by atoms with van der Waals surface area (Å²) in [5.41, 5.74) is 1.79. The van der Waals surface area contributed by atoms with Crippen molar-refractivity contribution < 1.29 is 5.11 Å². The van der Waals surface area contributed by atoms with E-state index in [9.17, 15) is 5.11 Å². The smallest absolute Gasteiger partial charge is 0.138 e. The molecule has 2 heterocycles. The van der Waals surface area contributed by atoms with Crippen molar-refractivity contribution >= 4 is 27.4 Å². The third-order valence-electron chi connectivity index (χ3n) is 5.16. The van der Waals surface area contributed by atoms with Gasteiger partial charge in [-0.1, -0.05) is 0 Å². The van der Waals surface area contributed by atoms with E-state index in [0.29, 0.717) is 5.41 Å². The Morgan fingerprint density at radius 1 is 1.23 bits per heavy atom. The highest BCUT2D eigenvalue weighted by Gasteiger charge is 2.41. The van der Waals surface area contributed by atoms with Crippen LogP contribution >= 0.6 is 11.3 Å². The van der Waals surface area contributed by atoms with Crippen LogP contribution in [-0.4, -0.2) is 28.2 Å². The monoisotopic (exact) mass is 317 g/mol. The van der Waals surface area contributed by atoms with Crippen molar-refractivity contribution in [3.05, 3.63) is 16.3 Å². The number of nitrogens with zero attached hydrogens (tertiary/aromatic N) is 2. The second-order valence-electron chi connectivity index (χ2n) is 6.84. The second-order valence-corrected chi connectivity index (χ2v) is 7.92. The van der Waals surface area contributed by atoms with Crippen molar-refractivity contribution in [2.75, 3.05) is 18.5 Å². The molecule has 0 aliphatic heterocycles. The van der Waals surface area contributed by atoms with Gasteiger partial charge in [0.1, 0.15) is 16.5 Å². The standard InChI is InChI=1S/C17H23N3OS/c1-11-19-15(18-10-17(6-7-17)8-9-21)14-12-4-2-3-5-13(12)22-16(14)20-11/h21H,2-10H2,1H3,(H,18,19,20). The number of aromatic nitrogens is 2. The Bertz CT molecular complexity index is 705. The van der Waals surface area contributed by atoms with E-state index in [1.807, 2.05) is 18.3 Å². The van der Waals surface area contributed by atoms with E-state index in [0.717, 1.165) is 35.9 Å². The van der Waals surface area contributed by atoms with E-state index in [2.05, 4.69) is 10.3 Å². The van der Waals surface area contributed by atoms with E-state index < -0.39 is 0 Å². The Labute approximate surface area is 135 Å². The van der Waals surface area contributed by atoms with Gasteiger partial charge in [0, 0.05) is 18.0 Å². The molecule has 1 fully saturated rings. The summed E-state index contributed by atoms with van der Waals surface area (Å²) >= 11 is 1.86. The van der Waals surface area contributed by atoms with Gasteiger partial charge in [-0.25, -0.2) is 9.97 Å². The molecule has 2 N–H and O–H groups in total. The van der Waals surface area contributed by atoms with E-state index in [1.165, 1.54) is 47.9 Å². The van der Waals surface area contributed by atoms with E-state index in [1.54, 1.807) is 0 Å². The van der Waals surface area contributed by atoms with Gasteiger partial charge in [-0.05, 0) is 62.8 Å². The van der Waals surface area contributed by atoms with Crippen molar-refractivity contribution in [1.82, 2.24) is 9.97 Å². The summed E-state index contributed by atoms with van der Waals surface area (Å²) in [6, 6.07) is 0. The fraction of sp³-hybridized carbons (Fsp3) is 0.647. The maximum absolute atomic E-state index is 9.23. The molecule has 2 aromatic rings. The van der Waals surface area contributed by atoms with Crippen LogP contribution in [0.2, 0.25) is 0 Å². The Morgan fingerprint density at radius 3 is 2.82 bits per heavy atom. The molecule has 2 aliphatic rings. The molecule has 118 valence electrons. The largest absolute Gasteiger partial charge is 0.396 e. The molecule has 4 nitrogen and oxygen atoms in total.